The summed E-state index contributed by atoms with van der Waals surface area (Å²) >= 11 is 7.53. The van der Waals surface area contributed by atoms with Crippen molar-refractivity contribution >= 4 is 45.7 Å². The molecule has 1 aliphatic carbocycles. The first-order valence-corrected chi connectivity index (χ1v) is 10.3. The average molecular weight is 411 g/mol. The molecule has 0 radical (unpaired) electrons. The van der Waals surface area contributed by atoms with E-state index in [1.165, 1.54) is 4.88 Å². The number of fused-ring (bicyclic) bond motifs is 1. The molecule has 0 bridgehead atoms. The Morgan fingerprint density at radius 1 is 1.07 bits per heavy atom. The number of hydrogen-bond acceptors (Lipinski definition) is 4. The Morgan fingerprint density at radius 3 is 2.54 bits per heavy atom. The van der Waals surface area contributed by atoms with E-state index in [-0.39, 0.29) is 11.7 Å². The van der Waals surface area contributed by atoms with Crippen LogP contribution >= 0.6 is 22.9 Å². The van der Waals surface area contributed by atoms with Crippen LogP contribution in [0.3, 0.4) is 0 Å². The van der Waals surface area contributed by atoms with Crippen LogP contribution in [0, 0.1) is 0 Å². The second-order valence-electron chi connectivity index (χ2n) is 6.70. The fraction of sp³-hybridized carbons (Fsp3) is 0.182. The molecule has 1 aliphatic rings. The van der Waals surface area contributed by atoms with Gasteiger partial charge >= 0.3 is 0 Å². The molecule has 0 fully saturated rings. The van der Waals surface area contributed by atoms with Crippen molar-refractivity contribution in [2.24, 2.45) is 4.99 Å². The van der Waals surface area contributed by atoms with Crippen LogP contribution in [0.2, 0.25) is 5.02 Å². The fourth-order valence-corrected chi connectivity index (χ4v) is 4.65. The third-order valence-corrected chi connectivity index (χ3v) is 6.16. The Morgan fingerprint density at radius 2 is 1.79 bits per heavy atom. The van der Waals surface area contributed by atoms with Gasteiger partial charge in [-0.15, -0.1) is 11.3 Å². The molecule has 0 unspecified atom stereocenters. The van der Waals surface area contributed by atoms with Gasteiger partial charge in [-0.05, 0) is 85.3 Å². The summed E-state index contributed by atoms with van der Waals surface area (Å²) < 4.78 is 0. The van der Waals surface area contributed by atoms with Crippen LogP contribution in [0.25, 0.3) is 0 Å². The number of carbonyl (C=O) groups excluding carboxylic acids is 1. The molecular weight excluding hydrogens is 392 g/mol. The van der Waals surface area contributed by atoms with Crippen LogP contribution in [0.4, 0.5) is 10.7 Å². The highest BCUT2D eigenvalue weighted by Gasteiger charge is 2.25. The number of nitrogens with zero attached hydrogens (tertiary/aromatic N) is 1. The van der Waals surface area contributed by atoms with Crippen molar-refractivity contribution in [3.63, 3.8) is 0 Å². The third-order valence-electron chi connectivity index (χ3n) is 4.71. The van der Waals surface area contributed by atoms with Gasteiger partial charge in [0.2, 0.25) is 0 Å². The van der Waals surface area contributed by atoms with E-state index in [2.05, 4.69) is 10.3 Å². The number of phenolic OH excluding ortho intramolecular Hbond substituents is 1. The van der Waals surface area contributed by atoms with Crippen molar-refractivity contribution < 1.29 is 9.90 Å². The Kier molecular flexibility index (Phi) is 5.46. The van der Waals surface area contributed by atoms with Crippen molar-refractivity contribution in [1.82, 2.24) is 0 Å². The van der Waals surface area contributed by atoms with Gasteiger partial charge in [-0.1, -0.05) is 11.6 Å². The summed E-state index contributed by atoms with van der Waals surface area (Å²) in [6.45, 7) is 0. The number of aryl methyl sites for hydroxylation is 1. The van der Waals surface area contributed by atoms with Gasteiger partial charge < -0.3 is 10.4 Å². The first kappa shape index (κ1) is 18.7. The van der Waals surface area contributed by atoms with Gasteiger partial charge in [-0.3, -0.25) is 4.79 Å². The van der Waals surface area contributed by atoms with Crippen LogP contribution in [0.1, 0.15) is 39.2 Å². The molecule has 2 N–H and O–H groups in total. The summed E-state index contributed by atoms with van der Waals surface area (Å²) in [7, 11) is 0. The number of nitrogens with one attached hydrogen (secondary N) is 1. The molecule has 142 valence electrons. The van der Waals surface area contributed by atoms with Crippen molar-refractivity contribution in [3.8, 4) is 5.75 Å². The first-order valence-electron chi connectivity index (χ1n) is 9.15. The molecule has 0 saturated carbocycles. The number of benzene rings is 2. The van der Waals surface area contributed by atoms with Crippen LogP contribution in [0.5, 0.6) is 5.75 Å². The maximum Gasteiger partial charge on any atom is 0.259 e. The molecule has 2 aromatic carbocycles. The van der Waals surface area contributed by atoms with E-state index in [0.717, 1.165) is 41.8 Å². The minimum absolute atomic E-state index is 0.139. The first-order chi connectivity index (χ1) is 13.6. The zero-order valence-corrected chi connectivity index (χ0v) is 16.7. The predicted octanol–water partition coefficient (Wildman–Crippen LogP) is 5.99. The Labute approximate surface area is 172 Å². The van der Waals surface area contributed by atoms with E-state index < -0.39 is 0 Å². The highest BCUT2D eigenvalue weighted by Crippen LogP contribution is 2.40. The quantitative estimate of drug-likeness (QED) is 0.519. The minimum atomic E-state index is -0.139. The normalized spacial score (nSPS) is 13.5. The number of hydrogen-bond donors (Lipinski definition) is 2. The summed E-state index contributed by atoms with van der Waals surface area (Å²) in [6.07, 6.45) is 5.87. The topological polar surface area (TPSA) is 61.7 Å². The number of amides is 1. The molecule has 0 saturated heterocycles. The monoisotopic (exact) mass is 410 g/mol. The molecule has 0 spiro atoms. The second-order valence-corrected chi connectivity index (χ2v) is 8.22. The molecule has 0 atom stereocenters. The lowest BCUT2D eigenvalue weighted by Gasteiger charge is -2.12. The largest absolute Gasteiger partial charge is 0.508 e. The van der Waals surface area contributed by atoms with Gasteiger partial charge in [-0.2, -0.15) is 0 Å². The molecule has 4 rings (SSSR count). The second kappa shape index (κ2) is 8.17. The highest BCUT2D eigenvalue weighted by atomic mass is 35.5. The summed E-state index contributed by atoms with van der Waals surface area (Å²) in [5.74, 6) is 0.0753. The number of aliphatic imine (C=N–C) groups is 1. The molecule has 6 heteroatoms. The molecule has 1 aromatic heterocycles. The zero-order valence-electron chi connectivity index (χ0n) is 15.1. The lowest BCUT2D eigenvalue weighted by molar-refractivity contribution is 0.102. The van der Waals surface area contributed by atoms with Gasteiger partial charge in [0.05, 0.1) is 5.56 Å². The summed E-state index contributed by atoms with van der Waals surface area (Å²) in [4.78, 5) is 18.9. The molecular formula is C22H19ClN2O2S. The van der Waals surface area contributed by atoms with E-state index in [9.17, 15) is 9.90 Å². The summed E-state index contributed by atoms with van der Waals surface area (Å²) in [5.41, 5.74) is 3.37. The molecule has 1 heterocycles. The summed E-state index contributed by atoms with van der Waals surface area (Å²) in [5, 5.41) is 13.8. The van der Waals surface area contributed by atoms with Crippen LogP contribution in [0.15, 0.2) is 53.5 Å². The lowest BCUT2D eigenvalue weighted by atomic mass is 9.95. The zero-order chi connectivity index (χ0) is 19.5. The number of rotatable bonds is 4. The third kappa shape index (κ3) is 4.11. The van der Waals surface area contributed by atoms with Gasteiger partial charge in [0, 0.05) is 21.8 Å². The molecule has 0 aliphatic heterocycles. The van der Waals surface area contributed by atoms with E-state index in [0.29, 0.717) is 16.3 Å². The molecule has 4 nitrogen and oxygen atoms in total. The molecule has 28 heavy (non-hydrogen) atoms. The SMILES string of the molecule is O=C(Nc1ccc(Cl)cc1)c1c(N=Cc2ccc(O)cc2)sc2c1CCCC2. The predicted molar refractivity (Wildman–Crippen MR) is 116 cm³/mol. The number of phenols is 1. The van der Waals surface area contributed by atoms with E-state index in [1.54, 1.807) is 66.1 Å². The Bertz CT molecular complexity index is 1020. The summed E-state index contributed by atoms with van der Waals surface area (Å²) in [6, 6.07) is 13.9. The van der Waals surface area contributed by atoms with E-state index in [4.69, 9.17) is 11.6 Å². The smallest absolute Gasteiger partial charge is 0.259 e. The minimum Gasteiger partial charge on any atom is -0.508 e. The maximum absolute atomic E-state index is 13.1. The molecule has 3 aromatic rings. The van der Waals surface area contributed by atoms with Gasteiger partial charge in [-0.25, -0.2) is 4.99 Å². The van der Waals surface area contributed by atoms with Crippen molar-refractivity contribution in [2.45, 2.75) is 25.7 Å². The standard InChI is InChI=1S/C22H19ClN2O2S/c23-15-7-9-16(10-8-15)25-21(27)20-18-3-1-2-4-19(18)28-22(20)24-13-14-5-11-17(26)12-6-14/h5-13,26H,1-4H2,(H,25,27). The van der Waals surface area contributed by atoms with E-state index >= 15 is 0 Å². The average Bonchev–Trinajstić information content (AvgIpc) is 3.08. The van der Waals surface area contributed by atoms with Crippen molar-refractivity contribution in [3.05, 3.63) is 75.1 Å². The fourth-order valence-electron chi connectivity index (χ4n) is 3.30. The van der Waals surface area contributed by atoms with Crippen LogP contribution in [-0.2, 0) is 12.8 Å². The Hall–Kier alpha value is -2.63. The highest BCUT2D eigenvalue weighted by molar-refractivity contribution is 7.16. The van der Waals surface area contributed by atoms with Gasteiger partial charge in [0.1, 0.15) is 10.8 Å². The number of thiophene rings is 1. The number of aromatic hydroxyl groups is 1. The molecule has 1 amide bonds. The van der Waals surface area contributed by atoms with E-state index in [1.807, 2.05) is 0 Å². The van der Waals surface area contributed by atoms with Crippen molar-refractivity contribution in [1.29, 1.82) is 0 Å². The van der Waals surface area contributed by atoms with Crippen LogP contribution < -0.4 is 5.32 Å². The lowest BCUT2D eigenvalue weighted by Crippen LogP contribution is -2.14. The number of halogens is 1. The van der Waals surface area contributed by atoms with Crippen molar-refractivity contribution in [2.75, 3.05) is 5.32 Å². The maximum atomic E-state index is 13.1. The van der Waals surface area contributed by atoms with Gasteiger partial charge in [0.15, 0.2) is 0 Å². The number of carbonyl (C=O) groups is 1. The van der Waals surface area contributed by atoms with Gasteiger partial charge in [0.25, 0.3) is 5.91 Å². The number of anilines is 1. The Balaban J connectivity index is 1.66. The van der Waals surface area contributed by atoms with Crippen LogP contribution in [-0.4, -0.2) is 17.2 Å².